The number of fused-ring (bicyclic) bond motifs is 1. The predicted molar refractivity (Wildman–Crippen MR) is 76.3 cm³/mol. The zero-order valence-corrected chi connectivity index (χ0v) is 12.2. The SMILES string of the molecule is CC(C)[C@H]1c2cccn2CCN1C(=O)c1cnn(C)c1. The summed E-state index contributed by atoms with van der Waals surface area (Å²) in [5, 5.41) is 4.10. The summed E-state index contributed by atoms with van der Waals surface area (Å²) in [6, 6.07) is 4.31. The van der Waals surface area contributed by atoms with Gasteiger partial charge < -0.3 is 9.47 Å². The van der Waals surface area contributed by atoms with Crippen LogP contribution in [0, 0.1) is 5.92 Å². The molecule has 1 aliphatic heterocycles. The molecule has 5 heteroatoms. The molecule has 2 aromatic heterocycles. The molecule has 3 rings (SSSR count). The molecule has 0 saturated heterocycles. The highest BCUT2D eigenvalue weighted by atomic mass is 16.2. The molecule has 0 aliphatic carbocycles. The molecule has 0 saturated carbocycles. The number of hydrogen-bond donors (Lipinski definition) is 0. The van der Waals surface area contributed by atoms with Crippen LogP contribution in [-0.2, 0) is 13.6 Å². The van der Waals surface area contributed by atoms with E-state index >= 15 is 0 Å². The maximum Gasteiger partial charge on any atom is 0.257 e. The fourth-order valence-corrected chi connectivity index (χ4v) is 3.04. The molecule has 1 aliphatic rings. The highest BCUT2D eigenvalue weighted by molar-refractivity contribution is 5.94. The molecule has 0 radical (unpaired) electrons. The van der Waals surface area contributed by atoms with Crippen molar-refractivity contribution in [2.24, 2.45) is 13.0 Å². The number of carbonyl (C=O) groups excluding carboxylic acids is 1. The number of nitrogens with zero attached hydrogens (tertiary/aromatic N) is 4. The Balaban J connectivity index is 1.95. The maximum atomic E-state index is 12.7. The zero-order chi connectivity index (χ0) is 14.3. The number of hydrogen-bond acceptors (Lipinski definition) is 2. The molecular formula is C15H20N4O. The van der Waals surface area contributed by atoms with E-state index in [1.807, 2.05) is 11.9 Å². The zero-order valence-electron chi connectivity index (χ0n) is 12.2. The summed E-state index contributed by atoms with van der Waals surface area (Å²) < 4.78 is 3.92. The monoisotopic (exact) mass is 272 g/mol. The van der Waals surface area contributed by atoms with Crippen molar-refractivity contribution >= 4 is 5.91 Å². The fraction of sp³-hybridized carbons (Fsp3) is 0.467. The van der Waals surface area contributed by atoms with Crippen molar-refractivity contribution in [2.75, 3.05) is 6.54 Å². The van der Waals surface area contributed by atoms with Crippen molar-refractivity contribution in [2.45, 2.75) is 26.4 Å². The Morgan fingerprint density at radius 2 is 2.20 bits per heavy atom. The number of rotatable bonds is 2. The average Bonchev–Trinajstić information content (AvgIpc) is 3.04. The molecule has 0 spiro atoms. The molecule has 106 valence electrons. The third-order valence-corrected chi connectivity index (χ3v) is 3.93. The second-order valence-corrected chi connectivity index (χ2v) is 5.72. The van der Waals surface area contributed by atoms with Crippen LogP contribution in [0.1, 0.15) is 35.9 Å². The van der Waals surface area contributed by atoms with E-state index < -0.39 is 0 Å². The Labute approximate surface area is 118 Å². The van der Waals surface area contributed by atoms with Crippen LogP contribution in [0.2, 0.25) is 0 Å². The lowest BCUT2D eigenvalue weighted by Crippen LogP contribution is -2.43. The van der Waals surface area contributed by atoms with Gasteiger partial charge in [0, 0.05) is 38.2 Å². The lowest BCUT2D eigenvalue weighted by atomic mass is 9.96. The van der Waals surface area contributed by atoms with Crippen LogP contribution < -0.4 is 0 Å². The van der Waals surface area contributed by atoms with E-state index in [2.05, 4.69) is 41.8 Å². The van der Waals surface area contributed by atoms with E-state index in [9.17, 15) is 4.79 Å². The van der Waals surface area contributed by atoms with E-state index in [0.717, 1.165) is 13.1 Å². The summed E-state index contributed by atoms with van der Waals surface area (Å²) in [5.74, 6) is 0.453. The molecule has 0 aromatic carbocycles. The van der Waals surface area contributed by atoms with Crippen molar-refractivity contribution in [1.82, 2.24) is 19.2 Å². The highest BCUT2D eigenvalue weighted by Gasteiger charge is 2.33. The Bertz CT molecular complexity index is 625. The summed E-state index contributed by atoms with van der Waals surface area (Å²) in [7, 11) is 1.83. The number of aryl methyl sites for hydroxylation is 1. The molecule has 0 fully saturated rings. The van der Waals surface area contributed by atoms with Gasteiger partial charge in [-0.15, -0.1) is 0 Å². The van der Waals surface area contributed by atoms with E-state index in [0.29, 0.717) is 11.5 Å². The standard InChI is InChI=1S/C15H20N4O/c1-11(2)14-13-5-4-6-18(13)7-8-19(14)15(20)12-9-16-17(3)10-12/h4-6,9-11,14H,7-8H2,1-3H3/t14-/m0/s1. The van der Waals surface area contributed by atoms with Crippen LogP contribution in [0.25, 0.3) is 0 Å². The molecular weight excluding hydrogens is 252 g/mol. The van der Waals surface area contributed by atoms with Crippen LogP contribution >= 0.6 is 0 Å². The topological polar surface area (TPSA) is 43.1 Å². The van der Waals surface area contributed by atoms with Gasteiger partial charge in [-0.25, -0.2) is 0 Å². The van der Waals surface area contributed by atoms with Gasteiger partial charge in [-0.3, -0.25) is 9.48 Å². The van der Waals surface area contributed by atoms with Crippen LogP contribution in [0.5, 0.6) is 0 Å². The normalized spacial score (nSPS) is 18.4. The second kappa shape index (κ2) is 4.81. The summed E-state index contributed by atoms with van der Waals surface area (Å²) in [4.78, 5) is 14.7. The number of amides is 1. The third-order valence-electron chi connectivity index (χ3n) is 3.93. The van der Waals surface area contributed by atoms with Gasteiger partial charge in [0.1, 0.15) is 0 Å². The molecule has 1 atom stereocenters. The Morgan fingerprint density at radius 3 is 2.85 bits per heavy atom. The summed E-state index contributed by atoms with van der Waals surface area (Å²) in [6.45, 7) is 5.93. The van der Waals surface area contributed by atoms with E-state index in [1.165, 1.54) is 5.69 Å². The largest absolute Gasteiger partial charge is 0.348 e. The van der Waals surface area contributed by atoms with Gasteiger partial charge in [-0.2, -0.15) is 5.10 Å². The van der Waals surface area contributed by atoms with E-state index in [1.54, 1.807) is 17.1 Å². The lowest BCUT2D eigenvalue weighted by molar-refractivity contribution is 0.0556. The molecule has 3 heterocycles. The van der Waals surface area contributed by atoms with Gasteiger partial charge in [-0.05, 0) is 18.1 Å². The van der Waals surface area contributed by atoms with Gasteiger partial charge in [0.25, 0.3) is 5.91 Å². The summed E-state index contributed by atoms with van der Waals surface area (Å²) >= 11 is 0. The quantitative estimate of drug-likeness (QED) is 0.840. The minimum absolute atomic E-state index is 0.0734. The van der Waals surface area contributed by atoms with Crippen LogP contribution in [0.3, 0.4) is 0 Å². The van der Waals surface area contributed by atoms with Gasteiger partial charge in [0.05, 0.1) is 17.8 Å². The first-order chi connectivity index (χ1) is 9.58. The van der Waals surface area contributed by atoms with Gasteiger partial charge >= 0.3 is 0 Å². The average molecular weight is 272 g/mol. The van der Waals surface area contributed by atoms with Crippen LogP contribution in [0.15, 0.2) is 30.7 Å². The Hall–Kier alpha value is -2.04. The van der Waals surface area contributed by atoms with Gasteiger partial charge in [-0.1, -0.05) is 13.8 Å². The number of aromatic nitrogens is 3. The van der Waals surface area contributed by atoms with Crippen LogP contribution in [0.4, 0.5) is 0 Å². The summed E-state index contributed by atoms with van der Waals surface area (Å²) in [6.07, 6.45) is 5.53. The molecule has 1 amide bonds. The van der Waals surface area contributed by atoms with Crippen molar-refractivity contribution in [3.63, 3.8) is 0 Å². The maximum absolute atomic E-state index is 12.7. The first kappa shape index (κ1) is 13.0. The summed E-state index contributed by atoms with van der Waals surface area (Å²) in [5.41, 5.74) is 1.89. The van der Waals surface area contributed by atoms with Crippen molar-refractivity contribution in [3.05, 3.63) is 42.0 Å². The van der Waals surface area contributed by atoms with E-state index in [4.69, 9.17) is 0 Å². The fourth-order valence-electron chi connectivity index (χ4n) is 3.04. The van der Waals surface area contributed by atoms with Gasteiger partial charge in [0.2, 0.25) is 0 Å². The predicted octanol–water partition coefficient (Wildman–Crippen LogP) is 2.07. The van der Waals surface area contributed by atoms with Crippen LogP contribution in [-0.4, -0.2) is 31.7 Å². The highest BCUT2D eigenvalue weighted by Crippen LogP contribution is 2.33. The molecule has 2 aromatic rings. The number of carbonyl (C=O) groups is 1. The molecule has 5 nitrogen and oxygen atoms in total. The first-order valence-corrected chi connectivity index (χ1v) is 7.02. The van der Waals surface area contributed by atoms with E-state index in [-0.39, 0.29) is 11.9 Å². The smallest absolute Gasteiger partial charge is 0.257 e. The van der Waals surface area contributed by atoms with Crippen molar-refractivity contribution in [1.29, 1.82) is 0 Å². The lowest BCUT2D eigenvalue weighted by Gasteiger charge is -2.39. The molecule has 0 unspecified atom stereocenters. The minimum atomic E-state index is 0.0734. The van der Waals surface area contributed by atoms with Crippen molar-refractivity contribution in [3.8, 4) is 0 Å². The third kappa shape index (κ3) is 2.03. The molecule has 0 N–H and O–H groups in total. The Kier molecular flexibility index (Phi) is 3.12. The molecule has 20 heavy (non-hydrogen) atoms. The second-order valence-electron chi connectivity index (χ2n) is 5.72. The minimum Gasteiger partial charge on any atom is -0.348 e. The Morgan fingerprint density at radius 1 is 1.40 bits per heavy atom. The first-order valence-electron chi connectivity index (χ1n) is 7.02. The van der Waals surface area contributed by atoms with Gasteiger partial charge in [0.15, 0.2) is 0 Å². The molecule has 0 bridgehead atoms. The van der Waals surface area contributed by atoms with Crippen molar-refractivity contribution < 1.29 is 4.79 Å².